The summed E-state index contributed by atoms with van der Waals surface area (Å²) >= 11 is 0. The molecule has 0 fully saturated rings. The van der Waals surface area contributed by atoms with Gasteiger partial charge < -0.3 is 5.32 Å². The van der Waals surface area contributed by atoms with Crippen molar-refractivity contribution < 1.29 is 0 Å². The van der Waals surface area contributed by atoms with Crippen molar-refractivity contribution in [2.75, 3.05) is 0 Å². The van der Waals surface area contributed by atoms with Crippen molar-refractivity contribution in [2.45, 2.75) is 32.7 Å². The Labute approximate surface area is 87.9 Å². The Kier molecular flexibility index (Phi) is 5.70. The smallest absolute Gasteiger partial charge is 0.0338 e. The molecule has 0 saturated carbocycles. The second-order valence-corrected chi connectivity index (χ2v) is 3.81. The SMILES string of the molecule is C=C/C=C\C=C(/C=C)NC(C)(C)CC. The minimum Gasteiger partial charge on any atom is -0.380 e. The topological polar surface area (TPSA) is 12.0 Å². The third kappa shape index (κ3) is 5.41. The second kappa shape index (κ2) is 6.25. The van der Waals surface area contributed by atoms with Gasteiger partial charge in [-0.3, -0.25) is 0 Å². The average molecular weight is 191 g/mol. The third-order valence-corrected chi connectivity index (χ3v) is 2.11. The molecule has 1 N–H and O–H groups in total. The van der Waals surface area contributed by atoms with Crippen LogP contribution in [0.2, 0.25) is 0 Å². The molecule has 1 heteroatoms. The molecule has 0 unspecified atom stereocenters. The van der Waals surface area contributed by atoms with Gasteiger partial charge >= 0.3 is 0 Å². The number of rotatable bonds is 6. The average Bonchev–Trinajstić information content (AvgIpc) is 2.16. The zero-order valence-electron chi connectivity index (χ0n) is 9.51. The van der Waals surface area contributed by atoms with Gasteiger partial charge in [0.05, 0.1) is 0 Å². The molecule has 0 bridgehead atoms. The molecule has 0 aromatic rings. The van der Waals surface area contributed by atoms with E-state index in [2.05, 4.69) is 39.2 Å². The van der Waals surface area contributed by atoms with Gasteiger partial charge in [0.25, 0.3) is 0 Å². The van der Waals surface area contributed by atoms with E-state index in [1.165, 1.54) is 0 Å². The summed E-state index contributed by atoms with van der Waals surface area (Å²) in [5, 5.41) is 3.41. The van der Waals surface area contributed by atoms with Gasteiger partial charge in [-0.1, -0.05) is 38.3 Å². The van der Waals surface area contributed by atoms with E-state index < -0.39 is 0 Å². The highest BCUT2D eigenvalue weighted by molar-refractivity contribution is 5.23. The van der Waals surface area contributed by atoms with Crippen LogP contribution in [-0.2, 0) is 0 Å². The molecule has 0 aromatic heterocycles. The molecule has 0 atom stereocenters. The lowest BCUT2D eigenvalue weighted by atomic mass is 10.0. The Hall–Kier alpha value is -1.24. The first-order chi connectivity index (χ1) is 6.55. The molecule has 14 heavy (non-hydrogen) atoms. The first-order valence-electron chi connectivity index (χ1n) is 4.95. The van der Waals surface area contributed by atoms with Gasteiger partial charge in [-0.15, -0.1) is 0 Å². The monoisotopic (exact) mass is 191 g/mol. The highest BCUT2D eigenvalue weighted by Crippen LogP contribution is 2.10. The highest BCUT2D eigenvalue weighted by atomic mass is 15.0. The Morgan fingerprint density at radius 3 is 2.36 bits per heavy atom. The lowest BCUT2D eigenvalue weighted by Gasteiger charge is -2.26. The van der Waals surface area contributed by atoms with Crippen LogP contribution < -0.4 is 5.32 Å². The van der Waals surface area contributed by atoms with E-state index in [-0.39, 0.29) is 5.54 Å². The maximum Gasteiger partial charge on any atom is 0.0338 e. The van der Waals surface area contributed by atoms with Crippen LogP contribution in [0, 0.1) is 0 Å². The predicted molar refractivity (Wildman–Crippen MR) is 65.1 cm³/mol. The summed E-state index contributed by atoms with van der Waals surface area (Å²) < 4.78 is 0. The van der Waals surface area contributed by atoms with E-state index in [1.807, 2.05) is 24.3 Å². The van der Waals surface area contributed by atoms with Crippen molar-refractivity contribution in [1.82, 2.24) is 5.32 Å². The summed E-state index contributed by atoms with van der Waals surface area (Å²) in [5.41, 5.74) is 1.15. The quantitative estimate of drug-likeness (QED) is 0.633. The Morgan fingerprint density at radius 1 is 1.29 bits per heavy atom. The van der Waals surface area contributed by atoms with Crippen molar-refractivity contribution in [2.24, 2.45) is 0 Å². The maximum absolute atomic E-state index is 3.77. The molecule has 0 radical (unpaired) electrons. The van der Waals surface area contributed by atoms with Crippen LogP contribution in [0.25, 0.3) is 0 Å². The minimum atomic E-state index is 0.113. The van der Waals surface area contributed by atoms with Gasteiger partial charge in [0.15, 0.2) is 0 Å². The van der Waals surface area contributed by atoms with Gasteiger partial charge in [0, 0.05) is 11.2 Å². The van der Waals surface area contributed by atoms with E-state index in [1.54, 1.807) is 6.08 Å². The van der Waals surface area contributed by atoms with E-state index in [4.69, 9.17) is 0 Å². The molecule has 1 nitrogen and oxygen atoms in total. The van der Waals surface area contributed by atoms with Gasteiger partial charge in [-0.25, -0.2) is 0 Å². The fraction of sp³-hybridized carbons (Fsp3) is 0.385. The molecule has 0 saturated heterocycles. The summed E-state index contributed by atoms with van der Waals surface area (Å²) in [4.78, 5) is 0. The largest absolute Gasteiger partial charge is 0.380 e. The summed E-state index contributed by atoms with van der Waals surface area (Å²) in [5.74, 6) is 0. The van der Waals surface area contributed by atoms with Crippen molar-refractivity contribution in [3.05, 3.63) is 49.2 Å². The number of allylic oxidation sites excluding steroid dienone is 5. The molecule has 0 aliphatic rings. The van der Waals surface area contributed by atoms with Crippen LogP contribution in [0.5, 0.6) is 0 Å². The van der Waals surface area contributed by atoms with Crippen LogP contribution in [0.4, 0.5) is 0 Å². The van der Waals surface area contributed by atoms with Crippen LogP contribution in [-0.4, -0.2) is 5.54 Å². The van der Waals surface area contributed by atoms with E-state index in [0.29, 0.717) is 0 Å². The van der Waals surface area contributed by atoms with Gasteiger partial charge in [-0.05, 0) is 32.4 Å². The highest BCUT2D eigenvalue weighted by Gasteiger charge is 2.13. The fourth-order valence-corrected chi connectivity index (χ4v) is 0.878. The van der Waals surface area contributed by atoms with E-state index >= 15 is 0 Å². The molecular formula is C13H21N. The Balaban J connectivity index is 4.43. The van der Waals surface area contributed by atoms with Crippen molar-refractivity contribution >= 4 is 0 Å². The van der Waals surface area contributed by atoms with Crippen LogP contribution >= 0.6 is 0 Å². The molecule has 0 heterocycles. The Morgan fingerprint density at radius 2 is 1.93 bits per heavy atom. The first kappa shape index (κ1) is 12.8. The van der Waals surface area contributed by atoms with Crippen molar-refractivity contribution in [3.63, 3.8) is 0 Å². The standard InChI is InChI=1S/C13H21N/c1-6-9-10-11-12(7-2)14-13(4,5)8-3/h6-7,9-11,14H,1-2,8H2,3-5H3/b10-9-,12-11+. The lowest BCUT2D eigenvalue weighted by molar-refractivity contribution is 0.419. The summed E-state index contributed by atoms with van der Waals surface area (Å²) in [6, 6.07) is 0. The van der Waals surface area contributed by atoms with Crippen LogP contribution in [0.15, 0.2) is 49.2 Å². The number of hydrogen-bond donors (Lipinski definition) is 1. The summed E-state index contributed by atoms with van der Waals surface area (Å²) in [7, 11) is 0. The van der Waals surface area contributed by atoms with Crippen LogP contribution in [0.1, 0.15) is 27.2 Å². The number of hydrogen-bond acceptors (Lipinski definition) is 1. The van der Waals surface area contributed by atoms with Gasteiger partial charge in [0.1, 0.15) is 0 Å². The second-order valence-electron chi connectivity index (χ2n) is 3.81. The molecule has 78 valence electrons. The summed E-state index contributed by atoms with van der Waals surface area (Å²) in [6.45, 7) is 13.9. The molecule has 0 aliphatic carbocycles. The van der Waals surface area contributed by atoms with Crippen LogP contribution in [0.3, 0.4) is 0 Å². The summed E-state index contributed by atoms with van der Waals surface area (Å²) in [6.07, 6.45) is 10.5. The molecule has 0 rings (SSSR count). The molecule has 0 aromatic carbocycles. The van der Waals surface area contributed by atoms with Crippen molar-refractivity contribution in [1.29, 1.82) is 0 Å². The lowest BCUT2D eigenvalue weighted by Crippen LogP contribution is -2.37. The molecule has 0 aliphatic heterocycles. The van der Waals surface area contributed by atoms with Crippen molar-refractivity contribution in [3.8, 4) is 0 Å². The normalized spacial score (nSPS) is 12.9. The number of nitrogens with one attached hydrogen (secondary N) is 1. The fourth-order valence-electron chi connectivity index (χ4n) is 0.878. The first-order valence-corrected chi connectivity index (χ1v) is 4.95. The predicted octanol–water partition coefficient (Wildman–Crippen LogP) is 3.58. The minimum absolute atomic E-state index is 0.113. The molecular weight excluding hydrogens is 170 g/mol. The Bertz CT molecular complexity index is 244. The third-order valence-electron chi connectivity index (χ3n) is 2.11. The van der Waals surface area contributed by atoms with E-state index in [0.717, 1.165) is 12.1 Å². The van der Waals surface area contributed by atoms with E-state index in [9.17, 15) is 0 Å². The van der Waals surface area contributed by atoms with Gasteiger partial charge in [0.2, 0.25) is 0 Å². The van der Waals surface area contributed by atoms with Gasteiger partial charge in [-0.2, -0.15) is 0 Å². The molecule has 0 spiro atoms. The maximum atomic E-state index is 3.77. The zero-order chi connectivity index (χ0) is 11.0. The zero-order valence-corrected chi connectivity index (χ0v) is 9.51. The molecule has 0 amide bonds.